The Labute approximate surface area is 68.1 Å². The molecule has 0 fully saturated rings. The van der Waals surface area contributed by atoms with Gasteiger partial charge in [0.15, 0.2) is 5.05 Å². The minimum Gasteiger partial charge on any atom is -0.484 e. The maximum Gasteiger partial charge on any atom is 0.183 e. The zero-order valence-electron chi connectivity index (χ0n) is 6.59. The van der Waals surface area contributed by atoms with Crippen LogP contribution in [0.5, 0.6) is 0 Å². The standard InChI is InChI=1S/C8H14OS/c1-3-5-6-7-8(10)9-4-2/h6-7H,3-5H2,1-2H3. The van der Waals surface area contributed by atoms with Crippen molar-refractivity contribution in [1.82, 2.24) is 0 Å². The second-order valence-corrected chi connectivity index (χ2v) is 2.35. The average Bonchev–Trinajstić information content (AvgIpc) is 1.89. The molecule has 0 spiro atoms. The smallest absolute Gasteiger partial charge is 0.183 e. The van der Waals surface area contributed by atoms with Gasteiger partial charge in [0.1, 0.15) is 0 Å². The molecule has 0 aromatic carbocycles. The van der Waals surface area contributed by atoms with E-state index < -0.39 is 0 Å². The minimum absolute atomic E-state index is 0.593. The summed E-state index contributed by atoms with van der Waals surface area (Å²) in [5.41, 5.74) is 0. The Balaban J connectivity index is 3.36. The fourth-order valence-electron chi connectivity index (χ4n) is 0.537. The van der Waals surface area contributed by atoms with Gasteiger partial charge < -0.3 is 4.74 Å². The van der Waals surface area contributed by atoms with Crippen LogP contribution in [0.3, 0.4) is 0 Å². The molecule has 0 radical (unpaired) electrons. The molecular weight excluding hydrogens is 144 g/mol. The van der Waals surface area contributed by atoms with Crippen molar-refractivity contribution in [3.05, 3.63) is 12.2 Å². The SMILES string of the molecule is CCCC=CC(=S)OCC. The number of rotatable bonds is 4. The lowest BCUT2D eigenvalue weighted by atomic mass is 10.3. The topological polar surface area (TPSA) is 9.23 Å². The molecule has 0 saturated carbocycles. The second kappa shape index (κ2) is 6.75. The number of allylic oxidation sites excluding steroid dienone is 1. The quantitative estimate of drug-likeness (QED) is 0.459. The molecular formula is C8H14OS. The van der Waals surface area contributed by atoms with E-state index in [1.54, 1.807) is 0 Å². The van der Waals surface area contributed by atoms with Crippen molar-refractivity contribution in [2.24, 2.45) is 0 Å². The molecule has 2 heteroatoms. The van der Waals surface area contributed by atoms with E-state index >= 15 is 0 Å². The van der Waals surface area contributed by atoms with E-state index in [-0.39, 0.29) is 0 Å². The molecule has 0 bridgehead atoms. The fourth-order valence-corrected chi connectivity index (χ4v) is 0.751. The third kappa shape index (κ3) is 5.76. The molecule has 0 atom stereocenters. The van der Waals surface area contributed by atoms with Gasteiger partial charge in [-0.3, -0.25) is 0 Å². The lowest BCUT2D eigenvalue weighted by molar-refractivity contribution is 0.339. The summed E-state index contributed by atoms with van der Waals surface area (Å²) in [7, 11) is 0. The maximum atomic E-state index is 5.03. The molecule has 0 saturated heterocycles. The van der Waals surface area contributed by atoms with E-state index in [0.29, 0.717) is 11.7 Å². The van der Waals surface area contributed by atoms with Crippen molar-refractivity contribution < 1.29 is 4.74 Å². The van der Waals surface area contributed by atoms with Crippen molar-refractivity contribution in [2.75, 3.05) is 6.61 Å². The molecule has 0 aromatic heterocycles. The third-order valence-electron chi connectivity index (χ3n) is 0.996. The number of hydrogen-bond donors (Lipinski definition) is 0. The summed E-state index contributed by atoms with van der Waals surface area (Å²) in [5, 5.41) is 0.593. The van der Waals surface area contributed by atoms with Crippen molar-refractivity contribution in [3.63, 3.8) is 0 Å². The van der Waals surface area contributed by atoms with Crippen LogP contribution in [0.15, 0.2) is 12.2 Å². The van der Waals surface area contributed by atoms with Gasteiger partial charge in [0.05, 0.1) is 6.61 Å². The molecule has 58 valence electrons. The van der Waals surface area contributed by atoms with Crippen LogP contribution in [0, 0.1) is 0 Å². The van der Waals surface area contributed by atoms with Gasteiger partial charge in [0.25, 0.3) is 0 Å². The van der Waals surface area contributed by atoms with E-state index in [1.807, 2.05) is 19.1 Å². The predicted octanol–water partition coefficient (Wildman–Crippen LogP) is 2.71. The summed E-state index contributed by atoms with van der Waals surface area (Å²) in [5.74, 6) is 0. The monoisotopic (exact) mass is 158 g/mol. The average molecular weight is 158 g/mol. The van der Waals surface area contributed by atoms with Crippen LogP contribution in [-0.2, 0) is 4.74 Å². The van der Waals surface area contributed by atoms with Gasteiger partial charge in [-0.25, -0.2) is 0 Å². The Morgan fingerprint density at radius 1 is 1.50 bits per heavy atom. The largest absolute Gasteiger partial charge is 0.484 e. The van der Waals surface area contributed by atoms with E-state index in [4.69, 9.17) is 17.0 Å². The Bertz CT molecular complexity index is 118. The Morgan fingerprint density at radius 3 is 2.70 bits per heavy atom. The molecule has 0 amide bonds. The van der Waals surface area contributed by atoms with E-state index in [0.717, 1.165) is 12.8 Å². The summed E-state index contributed by atoms with van der Waals surface area (Å²) in [4.78, 5) is 0. The third-order valence-corrected chi connectivity index (χ3v) is 1.25. The van der Waals surface area contributed by atoms with Crippen LogP contribution in [0.25, 0.3) is 0 Å². The van der Waals surface area contributed by atoms with Crippen LogP contribution in [-0.4, -0.2) is 11.7 Å². The van der Waals surface area contributed by atoms with Gasteiger partial charge in [-0.05, 0) is 31.6 Å². The Hall–Kier alpha value is -0.370. The summed E-state index contributed by atoms with van der Waals surface area (Å²) in [6.07, 6.45) is 6.12. The summed E-state index contributed by atoms with van der Waals surface area (Å²) < 4.78 is 5.03. The number of unbranched alkanes of at least 4 members (excludes halogenated alkanes) is 1. The van der Waals surface area contributed by atoms with Crippen molar-refractivity contribution >= 4 is 17.3 Å². The van der Waals surface area contributed by atoms with E-state index in [1.165, 1.54) is 0 Å². The highest BCUT2D eigenvalue weighted by molar-refractivity contribution is 7.80. The molecule has 0 aromatic rings. The van der Waals surface area contributed by atoms with Crippen molar-refractivity contribution in [3.8, 4) is 0 Å². The highest BCUT2D eigenvalue weighted by Crippen LogP contribution is 1.91. The first-order valence-electron chi connectivity index (χ1n) is 3.64. The van der Waals surface area contributed by atoms with Gasteiger partial charge in [-0.15, -0.1) is 0 Å². The molecule has 1 nitrogen and oxygen atoms in total. The van der Waals surface area contributed by atoms with Crippen molar-refractivity contribution in [1.29, 1.82) is 0 Å². The van der Waals surface area contributed by atoms with Gasteiger partial charge >= 0.3 is 0 Å². The number of ether oxygens (including phenoxy) is 1. The van der Waals surface area contributed by atoms with Gasteiger partial charge in [0, 0.05) is 0 Å². The van der Waals surface area contributed by atoms with Crippen LogP contribution in [0.1, 0.15) is 26.7 Å². The molecule has 0 N–H and O–H groups in total. The predicted molar refractivity (Wildman–Crippen MR) is 48.3 cm³/mol. The maximum absolute atomic E-state index is 5.03. The molecule has 0 aliphatic heterocycles. The Kier molecular flexibility index (Phi) is 6.50. The molecule has 0 rings (SSSR count). The van der Waals surface area contributed by atoms with Gasteiger partial charge in [0.2, 0.25) is 0 Å². The number of hydrogen-bond acceptors (Lipinski definition) is 2. The zero-order valence-corrected chi connectivity index (χ0v) is 7.41. The fraction of sp³-hybridized carbons (Fsp3) is 0.625. The van der Waals surface area contributed by atoms with Crippen molar-refractivity contribution in [2.45, 2.75) is 26.7 Å². The lowest BCUT2D eigenvalue weighted by Crippen LogP contribution is -1.95. The van der Waals surface area contributed by atoms with Gasteiger partial charge in [-0.1, -0.05) is 19.4 Å². The molecule has 0 aliphatic rings. The summed E-state index contributed by atoms with van der Waals surface area (Å²) in [6.45, 7) is 4.73. The summed E-state index contributed by atoms with van der Waals surface area (Å²) in [6, 6.07) is 0. The van der Waals surface area contributed by atoms with Gasteiger partial charge in [-0.2, -0.15) is 0 Å². The highest BCUT2D eigenvalue weighted by atomic mass is 32.1. The first kappa shape index (κ1) is 9.63. The number of thiocarbonyl (C=S) groups is 1. The van der Waals surface area contributed by atoms with Crippen LogP contribution in [0.4, 0.5) is 0 Å². The minimum atomic E-state index is 0.593. The van der Waals surface area contributed by atoms with E-state index in [2.05, 4.69) is 6.92 Å². The van der Waals surface area contributed by atoms with Crippen LogP contribution >= 0.6 is 12.2 Å². The van der Waals surface area contributed by atoms with Crippen LogP contribution < -0.4 is 0 Å². The van der Waals surface area contributed by atoms with E-state index in [9.17, 15) is 0 Å². The molecule has 0 heterocycles. The normalized spacial score (nSPS) is 10.2. The first-order valence-corrected chi connectivity index (χ1v) is 4.05. The lowest BCUT2D eigenvalue weighted by Gasteiger charge is -1.96. The summed E-state index contributed by atoms with van der Waals surface area (Å²) >= 11 is 4.86. The van der Waals surface area contributed by atoms with Crippen LogP contribution in [0.2, 0.25) is 0 Å². The molecule has 10 heavy (non-hydrogen) atoms. The molecule has 0 aliphatic carbocycles. The zero-order chi connectivity index (χ0) is 7.82. The highest BCUT2D eigenvalue weighted by Gasteiger charge is 1.85. The Morgan fingerprint density at radius 2 is 2.20 bits per heavy atom. The second-order valence-electron chi connectivity index (χ2n) is 1.94. The first-order chi connectivity index (χ1) is 4.81. The molecule has 0 unspecified atom stereocenters.